The SMILES string of the molecule is C#CC(C)(C)C.CC(C)(C)C#CCN.CC(C)(C)C#CCNC(=O)N1CCCC1.CC(C)(C)C#CCNC(=O)Nc1ccccc1.CC(C)N(C(=O)NCC#CC(C)(C)C)C(C)C.CN(CC#CC(C)(C)C)C(=O)OC(C)(C)C.CNC(=O)NCC#CC(C)(C)C.CNCC#CC(C)(C)C.Cc1ccc(S(=O)(=O)NC(=O)NCC#CC(C)(C)C)cc1. The molecule has 1 aliphatic heterocycles. The van der Waals surface area contributed by atoms with Crippen LogP contribution in [0.5, 0.6) is 0 Å². The van der Waals surface area contributed by atoms with E-state index in [1.165, 1.54) is 17.0 Å². The van der Waals surface area contributed by atoms with Crippen molar-refractivity contribution in [3.05, 3.63) is 60.2 Å². The van der Waals surface area contributed by atoms with Gasteiger partial charge in [-0.15, -0.1) is 12.3 Å². The average molecular weight is 1700 g/mol. The molecule has 0 atom stereocenters. The summed E-state index contributed by atoms with van der Waals surface area (Å²) in [6.45, 7) is 75.6. The highest BCUT2D eigenvalue weighted by atomic mass is 32.2. The minimum absolute atomic E-state index is 0.00434. The highest BCUT2D eigenvalue weighted by Crippen LogP contribution is 2.17. The summed E-state index contributed by atoms with van der Waals surface area (Å²) >= 11 is 0. The Labute approximate surface area is 737 Å². The first kappa shape index (κ1) is 122. The molecule has 2 aromatic carbocycles. The smallest absolute Gasteiger partial charge is 0.410 e. The van der Waals surface area contributed by atoms with Gasteiger partial charge in [0.15, 0.2) is 0 Å². The number of nitrogens with two attached hydrogens (primary N) is 1. The van der Waals surface area contributed by atoms with Crippen LogP contribution in [-0.4, -0.2) is 164 Å². The summed E-state index contributed by atoms with van der Waals surface area (Å²) in [5, 5.41) is 21.4. The van der Waals surface area contributed by atoms with E-state index in [4.69, 9.17) is 16.9 Å². The van der Waals surface area contributed by atoms with Gasteiger partial charge in [0.2, 0.25) is 0 Å². The Hall–Kier alpha value is -10.0. The second-order valence-electron chi connectivity index (χ2n) is 38.7. The highest BCUT2D eigenvalue weighted by Gasteiger charge is 2.22. The van der Waals surface area contributed by atoms with E-state index in [0.29, 0.717) is 39.3 Å². The molecule has 11 N–H and O–H groups in total. The number of urea groups is 5. The number of hydrogen-bond acceptors (Lipinski definition) is 11. The number of ether oxygens (including phenoxy) is 1. The second kappa shape index (κ2) is 61.3. The number of likely N-dealkylation sites (tertiary alicyclic amines) is 1. The van der Waals surface area contributed by atoms with Gasteiger partial charge in [0.1, 0.15) is 5.60 Å². The fourth-order valence-corrected chi connectivity index (χ4v) is 8.54. The van der Waals surface area contributed by atoms with Crippen LogP contribution in [0.3, 0.4) is 0 Å². The Balaban J connectivity index is -0.000000313. The molecule has 22 nitrogen and oxygen atoms in total. The predicted octanol–water partition coefficient (Wildman–Crippen LogP) is 17.4. The van der Waals surface area contributed by atoms with Gasteiger partial charge in [-0.05, 0) is 286 Å². The minimum Gasteiger partial charge on any atom is -0.444 e. The lowest BCUT2D eigenvalue weighted by Crippen LogP contribution is -2.47. The van der Waals surface area contributed by atoms with Gasteiger partial charge in [0, 0.05) is 93.7 Å². The lowest BCUT2D eigenvalue weighted by atomic mass is 9.98. The van der Waals surface area contributed by atoms with Crippen molar-refractivity contribution in [2.45, 2.75) is 278 Å². The largest absolute Gasteiger partial charge is 0.444 e. The molecule has 1 heterocycles. The first-order valence-corrected chi connectivity index (χ1v) is 42.6. The fraction of sp³-hybridized carbons (Fsp3) is 0.633. The first-order chi connectivity index (χ1) is 54.9. The van der Waals surface area contributed by atoms with Crippen LogP contribution in [0.15, 0.2) is 59.5 Å². The number of hydrogen-bond donors (Lipinski definition) is 10. The summed E-state index contributed by atoms with van der Waals surface area (Å²) in [6.07, 6.45) is 6.97. The van der Waals surface area contributed by atoms with Crippen molar-refractivity contribution in [1.82, 2.24) is 56.6 Å². The molecule has 0 aromatic heterocycles. The van der Waals surface area contributed by atoms with Crippen LogP contribution in [0.2, 0.25) is 0 Å². The molecule has 121 heavy (non-hydrogen) atoms. The zero-order valence-corrected chi connectivity index (χ0v) is 82.7. The van der Waals surface area contributed by atoms with E-state index >= 15 is 0 Å². The van der Waals surface area contributed by atoms with E-state index in [1.54, 1.807) is 26.2 Å². The Morgan fingerprint density at radius 3 is 1.12 bits per heavy atom. The van der Waals surface area contributed by atoms with Crippen molar-refractivity contribution in [3.63, 3.8) is 0 Å². The van der Waals surface area contributed by atoms with E-state index in [1.807, 2.05) is 211 Å². The summed E-state index contributed by atoms with van der Waals surface area (Å²) in [5.74, 6) is 50.3. The Kier molecular flexibility index (Phi) is 61.7. The van der Waals surface area contributed by atoms with Gasteiger partial charge >= 0.3 is 36.2 Å². The summed E-state index contributed by atoms with van der Waals surface area (Å²) in [6, 6.07) is 14.7. The van der Waals surface area contributed by atoms with E-state index < -0.39 is 21.7 Å². The molecule has 0 bridgehead atoms. The maximum absolute atomic E-state index is 11.9. The van der Waals surface area contributed by atoms with Gasteiger partial charge in [-0.25, -0.2) is 41.9 Å². The third-order valence-corrected chi connectivity index (χ3v) is 14.1. The molecular formula is C98H161N13O9S. The third-order valence-electron chi connectivity index (χ3n) is 12.8. The Morgan fingerprint density at radius 1 is 0.463 bits per heavy atom. The summed E-state index contributed by atoms with van der Waals surface area (Å²) < 4.78 is 31.0. The number of rotatable bonds is 12. The van der Waals surface area contributed by atoms with Crippen molar-refractivity contribution < 1.29 is 41.9 Å². The predicted molar refractivity (Wildman–Crippen MR) is 509 cm³/mol. The molecule has 0 saturated carbocycles. The van der Waals surface area contributed by atoms with Crippen LogP contribution in [0.25, 0.3) is 0 Å². The molecule has 1 aliphatic rings. The van der Waals surface area contributed by atoms with E-state index in [0.717, 1.165) is 43.7 Å². The van der Waals surface area contributed by atoms with Crippen LogP contribution in [0, 0.1) is 163 Å². The molecule has 1 saturated heterocycles. The number of aryl methyl sites for hydroxylation is 1. The molecule has 1 fully saturated rings. The summed E-state index contributed by atoms with van der Waals surface area (Å²) in [5.41, 5.74) is 6.53. The lowest BCUT2D eigenvalue weighted by molar-refractivity contribution is 0.0320. The molecule has 0 radical (unpaired) electrons. The molecule has 0 unspecified atom stereocenters. The van der Waals surface area contributed by atoms with Crippen molar-refractivity contribution >= 4 is 52.0 Å². The van der Waals surface area contributed by atoms with Gasteiger partial charge in [0.25, 0.3) is 10.0 Å². The Morgan fingerprint density at radius 2 is 0.793 bits per heavy atom. The van der Waals surface area contributed by atoms with Gasteiger partial charge < -0.3 is 67.7 Å². The van der Waals surface area contributed by atoms with Crippen LogP contribution in [-0.2, 0) is 14.8 Å². The molecule has 0 spiro atoms. The van der Waals surface area contributed by atoms with Crippen molar-refractivity contribution in [1.29, 1.82) is 0 Å². The quantitative estimate of drug-likeness (QED) is 0.0892. The zero-order chi connectivity index (χ0) is 95.5. The van der Waals surface area contributed by atoms with Crippen LogP contribution >= 0.6 is 0 Å². The number of benzene rings is 2. The summed E-state index contributed by atoms with van der Waals surface area (Å²) in [4.78, 5) is 73.8. The number of carbonyl (C=O) groups excluding carboxylic acids is 6. The van der Waals surface area contributed by atoms with Crippen LogP contribution < -0.4 is 53.0 Å². The number of nitrogens with one attached hydrogen (secondary N) is 9. The van der Waals surface area contributed by atoms with Crippen LogP contribution in [0.1, 0.15) is 254 Å². The topological polar surface area (TPSA) is 290 Å². The summed E-state index contributed by atoms with van der Waals surface area (Å²) in [7, 11) is 1.31. The minimum atomic E-state index is -3.85. The van der Waals surface area contributed by atoms with Gasteiger partial charge in [-0.2, -0.15) is 0 Å². The average Bonchev–Trinajstić information content (AvgIpc) is 1.33. The highest BCUT2D eigenvalue weighted by molar-refractivity contribution is 7.90. The number of anilines is 1. The molecule has 11 amide bonds. The third kappa shape index (κ3) is 92.1. The van der Waals surface area contributed by atoms with Crippen LogP contribution in [0.4, 0.5) is 34.5 Å². The van der Waals surface area contributed by atoms with Gasteiger partial charge in [0.05, 0.1) is 57.3 Å². The van der Waals surface area contributed by atoms with E-state index in [-0.39, 0.29) is 102 Å². The second-order valence-corrected chi connectivity index (χ2v) is 40.4. The molecule has 2 aromatic rings. The monoisotopic (exact) mass is 1700 g/mol. The first-order valence-electron chi connectivity index (χ1n) is 41.1. The standard InChI is InChI=1S/C15H20N2O3S.C14H18N2O.C14H26N2O.C13H23NO2.C12H20N2O.C9H16N2O.C8H15N.C7H13N.C6H10/c1-12-6-8-13(9-7-12)21(19,20)17-14(18)16-11-5-10-15(2,3)4;1-14(2,3)10-7-11-15-13(17)16-12-8-5-4-6-9-12;1-11(2)16(12(3)4)13(17)15-10-8-9-14(5,6)7;1-12(2,3)9-8-10-14(7)11(15)16-13(4,5)6;1-12(2,3)7-6-8-13-11(15)14-9-4-5-10-14;1-9(2,3)6-5-7-11-8(12)10-4;1-8(2,3)6-5-7-9-4;1-7(2,3)5-4-6-8;1-5-6(2,3)4/h6-9H,11H2,1-4H3,(H2,16,17,18);4-6,8-9H,11H2,1-3H3,(H2,15,16,17);11-12H,10H2,1-7H3,(H,15,17);10H2,1-7H3;4-5,8-10H2,1-3H3,(H,13,15);7H2,1-4H3,(H2,10,11,12);9H,7H2,1-4H3;6,8H2,1-3H3;1H,2-4H3. The zero-order valence-electron chi connectivity index (χ0n) is 81.9. The lowest BCUT2D eigenvalue weighted by Gasteiger charge is -2.30. The molecule has 0 aliphatic carbocycles. The molecule has 3 rings (SSSR count). The Bertz CT molecular complexity index is 4060. The normalized spacial score (nSPS) is 11.3. The number of terminal acetylenes is 1. The fourth-order valence-electron chi connectivity index (χ4n) is 7.61. The molecular weight excluding hydrogens is 1540 g/mol. The molecule has 23 heteroatoms. The number of amides is 11. The molecule has 678 valence electrons. The van der Waals surface area contributed by atoms with Crippen molar-refractivity contribution in [2.75, 3.05) is 91.9 Å². The van der Waals surface area contributed by atoms with Gasteiger partial charge in [-0.1, -0.05) is 131 Å². The van der Waals surface area contributed by atoms with Crippen molar-refractivity contribution in [2.24, 2.45) is 54.5 Å². The van der Waals surface area contributed by atoms with Gasteiger partial charge in [-0.3, -0.25) is 0 Å². The maximum atomic E-state index is 11.9. The van der Waals surface area contributed by atoms with E-state index in [2.05, 4.69) is 226 Å². The number of para-hydroxylation sites is 1. The van der Waals surface area contributed by atoms with Crippen molar-refractivity contribution in [3.8, 4) is 107 Å². The maximum Gasteiger partial charge on any atom is 0.410 e. The number of sulfonamides is 1. The van der Waals surface area contributed by atoms with E-state index in [9.17, 15) is 37.2 Å². The number of nitrogens with zero attached hydrogens (tertiary/aromatic N) is 3. The number of carbonyl (C=O) groups is 6.